The van der Waals surface area contributed by atoms with Gasteiger partial charge in [-0.2, -0.15) is 10.2 Å². The van der Waals surface area contributed by atoms with Crippen molar-refractivity contribution >= 4 is 22.6 Å². The van der Waals surface area contributed by atoms with Gasteiger partial charge >= 0.3 is 0 Å². The molecule has 1 N–H and O–H groups in total. The lowest BCUT2D eigenvalue weighted by atomic mass is 10.1. The topological polar surface area (TPSA) is 109 Å². The first kappa shape index (κ1) is 21.8. The van der Waals surface area contributed by atoms with E-state index in [2.05, 4.69) is 20.5 Å². The van der Waals surface area contributed by atoms with Gasteiger partial charge in [0.2, 0.25) is 0 Å². The Morgan fingerprint density at radius 2 is 1.89 bits per heavy atom. The molecule has 0 atom stereocenters. The molecule has 0 bridgehead atoms. The Balaban J connectivity index is 1.38. The molecule has 180 valence electrons. The minimum Gasteiger partial charge on any atom is -0.486 e. The number of anilines is 1. The maximum atomic E-state index is 13.5. The predicted octanol–water partition coefficient (Wildman–Crippen LogP) is 4.28. The number of amides is 1. The molecule has 1 aliphatic heterocycles. The normalized spacial score (nSPS) is 12.8. The van der Waals surface area contributed by atoms with E-state index in [0.29, 0.717) is 58.5 Å². The number of benzene rings is 1. The Kier molecular flexibility index (Phi) is 5.33. The molecule has 0 radical (unpaired) electrons. The summed E-state index contributed by atoms with van der Waals surface area (Å²) in [6.45, 7) is 5.06. The molecule has 1 amide bonds. The molecule has 10 nitrogen and oxygen atoms in total. The van der Waals surface area contributed by atoms with Crippen LogP contribution in [0.4, 0.5) is 5.69 Å². The minimum absolute atomic E-state index is 0.0699. The molecule has 0 unspecified atom stereocenters. The number of carbonyl (C=O) groups excluding carboxylic acids is 1. The first-order chi connectivity index (χ1) is 17.6. The van der Waals surface area contributed by atoms with Gasteiger partial charge in [-0.15, -0.1) is 0 Å². The SMILES string of the molecule is CC(C)n1ncc2c(C(=O)Nc3ccc(-n4cccn4)nc3)cc(-c3ccc4c(c3)OCCO4)nc21. The van der Waals surface area contributed by atoms with Crippen molar-refractivity contribution in [3.05, 3.63) is 72.8 Å². The van der Waals surface area contributed by atoms with Crippen LogP contribution in [0.1, 0.15) is 30.2 Å². The fraction of sp³-hybridized carbons (Fsp3) is 0.192. The van der Waals surface area contributed by atoms with Gasteiger partial charge in [0.05, 0.1) is 34.7 Å². The lowest BCUT2D eigenvalue weighted by Gasteiger charge is -2.19. The monoisotopic (exact) mass is 481 g/mol. The molecule has 6 rings (SSSR count). The molecule has 5 aromatic rings. The molecular weight excluding hydrogens is 458 g/mol. The molecule has 1 aliphatic rings. The molecule has 0 spiro atoms. The van der Waals surface area contributed by atoms with E-state index in [4.69, 9.17) is 14.5 Å². The predicted molar refractivity (Wildman–Crippen MR) is 134 cm³/mol. The number of rotatable bonds is 5. The van der Waals surface area contributed by atoms with Gasteiger partial charge in [-0.1, -0.05) is 0 Å². The lowest BCUT2D eigenvalue weighted by molar-refractivity contribution is 0.102. The van der Waals surface area contributed by atoms with Gasteiger partial charge in [0.15, 0.2) is 23.0 Å². The van der Waals surface area contributed by atoms with Crippen LogP contribution in [-0.4, -0.2) is 48.6 Å². The van der Waals surface area contributed by atoms with Crippen LogP contribution < -0.4 is 14.8 Å². The van der Waals surface area contributed by atoms with Crippen molar-refractivity contribution in [3.63, 3.8) is 0 Å². The van der Waals surface area contributed by atoms with Gasteiger partial charge in [0.25, 0.3) is 5.91 Å². The van der Waals surface area contributed by atoms with Gasteiger partial charge in [-0.05, 0) is 56.3 Å². The van der Waals surface area contributed by atoms with E-state index < -0.39 is 0 Å². The number of nitrogens with one attached hydrogen (secondary N) is 1. The van der Waals surface area contributed by atoms with Gasteiger partial charge in [-0.25, -0.2) is 19.3 Å². The highest BCUT2D eigenvalue weighted by molar-refractivity contribution is 6.12. The highest BCUT2D eigenvalue weighted by Crippen LogP contribution is 2.35. The summed E-state index contributed by atoms with van der Waals surface area (Å²) in [7, 11) is 0. The summed E-state index contributed by atoms with van der Waals surface area (Å²) in [5, 5.41) is 12.3. The number of aromatic nitrogens is 6. The number of ether oxygens (including phenoxy) is 2. The fourth-order valence-electron chi connectivity index (χ4n) is 4.13. The van der Waals surface area contributed by atoms with Crippen molar-refractivity contribution in [1.82, 2.24) is 29.5 Å². The average Bonchev–Trinajstić information content (AvgIpc) is 3.59. The van der Waals surface area contributed by atoms with Gasteiger partial charge < -0.3 is 14.8 Å². The zero-order valence-corrected chi connectivity index (χ0v) is 19.8. The lowest BCUT2D eigenvalue weighted by Crippen LogP contribution is -2.15. The molecule has 1 aromatic carbocycles. The number of hydrogen-bond acceptors (Lipinski definition) is 7. The molecule has 0 saturated heterocycles. The van der Waals surface area contributed by atoms with E-state index >= 15 is 0 Å². The van der Waals surface area contributed by atoms with Crippen molar-refractivity contribution in [3.8, 4) is 28.6 Å². The first-order valence-corrected chi connectivity index (χ1v) is 11.6. The highest BCUT2D eigenvalue weighted by Gasteiger charge is 2.20. The standard InChI is InChI=1S/C26H23N7O3/c1-16(2)33-25-20(15-29-33)19(13-21(31-25)17-4-6-22-23(12-17)36-11-10-35-22)26(34)30-18-5-7-24(27-14-18)32-9-3-8-28-32/h3-9,12-16H,10-11H2,1-2H3,(H,30,34). The summed E-state index contributed by atoms with van der Waals surface area (Å²) in [5.41, 5.74) is 3.12. The second-order valence-corrected chi connectivity index (χ2v) is 8.64. The Morgan fingerprint density at radius 3 is 2.64 bits per heavy atom. The van der Waals surface area contributed by atoms with E-state index in [1.54, 1.807) is 47.7 Å². The molecular formula is C26H23N7O3. The van der Waals surface area contributed by atoms with E-state index in [1.807, 2.05) is 42.8 Å². The summed E-state index contributed by atoms with van der Waals surface area (Å²) in [5.74, 6) is 1.73. The van der Waals surface area contributed by atoms with Crippen LogP contribution in [0.15, 0.2) is 67.3 Å². The van der Waals surface area contributed by atoms with Crippen LogP contribution in [0.5, 0.6) is 11.5 Å². The Bertz CT molecular complexity index is 1560. The van der Waals surface area contributed by atoms with Gasteiger partial charge in [0.1, 0.15) is 13.2 Å². The van der Waals surface area contributed by atoms with Crippen LogP contribution in [0, 0.1) is 0 Å². The largest absolute Gasteiger partial charge is 0.486 e. The second-order valence-electron chi connectivity index (χ2n) is 8.64. The number of pyridine rings is 2. The van der Waals surface area contributed by atoms with Gasteiger partial charge in [-0.3, -0.25) is 4.79 Å². The van der Waals surface area contributed by atoms with Crippen molar-refractivity contribution < 1.29 is 14.3 Å². The molecule has 4 aromatic heterocycles. The van der Waals surface area contributed by atoms with E-state index in [-0.39, 0.29) is 11.9 Å². The fourth-order valence-corrected chi connectivity index (χ4v) is 4.13. The first-order valence-electron chi connectivity index (χ1n) is 11.6. The van der Waals surface area contributed by atoms with Crippen molar-refractivity contribution in [1.29, 1.82) is 0 Å². The van der Waals surface area contributed by atoms with Crippen molar-refractivity contribution in [2.45, 2.75) is 19.9 Å². The third-order valence-corrected chi connectivity index (χ3v) is 5.88. The van der Waals surface area contributed by atoms with Crippen LogP contribution in [0.2, 0.25) is 0 Å². The number of fused-ring (bicyclic) bond motifs is 2. The van der Waals surface area contributed by atoms with Crippen LogP contribution in [0.3, 0.4) is 0 Å². The Morgan fingerprint density at radius 1 is 1.03 bits per heavy atom. The average molecular weight is 482 g/mol. The number of hydrogen-bond donors (Lipinski definition) is 1. The van der Waals surface area contributed by atoms with Crippen molar-refractivity contribution in [2.24, 2.45) is 0 Å². The van der Waals surface area contributed by atoms with Crippen LogP contribution >= 0.6 is 0 Å². The minimum atomic E-state index is -0.280. The van der Waals surface area contributed by atoms with E-state index in [1.165, 1.54) is 0 Å². The molecule has 0 saturated carbocycles. The second kappa shape index (κ2) is 8.81. The Labute approximate surface area is 206 Å². The maximum Gasteiger partial charge on any atom is 0.256 e. The smallest absolute Gasteiger partial charge is 0.256 e. The Hall–Kier alpha value is -4.73. The summed E-state index contributed by atoms with van der Waals surface area (Å²) in [4.78, 5) is 22.7. The highest BCUT2D eigenvalue weighted by atomic mass is 16.6. The van der Waals surface area contributed by atoms with E-state index in [9.17, 15) is 4.79 Å². The summed E-state index contributed by atoms with van der Waals surface area (Å²) in [6, 6.07) is 12.9. The van der Waals surface area contributed by atoms with Crippen molar-refractivity contribution in [2.75, 3.05) is 18.5 Å². The third kappa shape index (κ3) is 3.92. The summed E-state index contributed by atoms with van der Waals surface area (Å²) < 4.78 is 14.9. The summed E-state index contributed by atoms with van der Waals surface area (Å²) >= 11 is 0. The zero-order valence-electron chi connectivity index (χ0n) is 19.8. The van der Waals surface area contributed by atoms with Gasteiger partial charge in [0, 0.05) is 24.0 Å². The quantitative estimate of drug-likeness (QED) is 0.399. The number of carbonyl (C=O) groups is 1. The van der Waals surface area contributed by atoms with Crippen LogP contribution in [0.25, 0.3) is 28.1 Å². The molecule has 0 fully saturated rings. The molecule has 10 heteroatoms. The zero-order chi connectivity index (χ0) is 24.6. The van der Waals surface area contributed by atoms with E-state index in [0.717, 1.165) is 5.56 Å². The molecule has 36 heavy (non-hydrogen) atoms. The number of nitrogens with zero attached hydrogens (tertiary/aromatic N) is 6. The third-order valence-electron chi connectivity index (χ3n) is 5.88. The maximum absolute atomic E-state index is 13.5. The van der Waals surface area contributed by atoms with Crippen LogP contribution in [-0.2, 0) is 0 Å². The molecule has 0 aliphatic carbocycles. The molecule has 5 heterocycles. The summed E-state index contributed by atoms with van der Waals surface area (Å²) in [6.07, 6.45) is 6.78.